The Kier molecular flexibility index (Phi) is 6.61. The highest BCUT2D eigenvalue weighted by Crippen LogP contribution is 2.38. The molecule has 0 saturated carbocycles. The summed E-state index contributed by atoms with van der Waals surface area (Å²) in [7, 11) is 1.92. The molecule has 0 radical (unpaired) electrons. The van der Waals surface area contributed by atoms with Crippen molar-refractivity contribution in [3.05, 3.63) is 50.4 Å². The van der Waals surface area contributed by atoms with E-state index in [1.54, 1.807) is 24.3 Å². The molecule has 4 rings (SSSR count). The number of hydrogen-bond donors (Lipinski definition) is 1. The summed E-state index contributed by atoms with van der Waals surface area (Å²) >= 11 is 3.12. The van der Waals surface area contributed by atoms with Crippen molar-refractivity contribution in [3.63, 3.8) is 0 Å². The average Bonchev–Trinajstić information content (AvgIpc) is 3.35. The minimum absolute atomic E-state index is 0.00181. The number of nitro groups is 1. The second-order valence-corrected chi connectivity index (χ2v) is 10.1. The molecule has 168 valence electrons. The maximum Gasteiger partial charge on any atom is 0.269 e. The van der Waals surface area contributed by atoms with Gasteiger partial charge in [-0.3, -0.25) is 14.9 Å². The van der Waals surface area contributed by atoms with Crippen LogP contribution in [0.4, 0.5) is 11.4 Å². The first-order valence-corrected chi connectivity index (χ1v) is 12.3. The Labute approximate surface area is 194 Å². The highest BCUT2D eigenvalue weighted by molar-refractivity contribution is 7.99. The fourth-order valence-electron chi connectivity index (χ4n) is 3.93. The van der Waals surface area contributed by atoms with E-state index >= 15 is 0 Å². The largest absolute Gasteiger partial charge is 0.325 e. The SMILES string of the molecule is CCC1CCc2sc(-c3nnc(SCC(=O)Nc4ccc([N+](=O)[O-])cc4C)n3C)cc2C1. The molecule has 1 unspecified atom stereocenters. The molecule has 0 saturated heterocycles. The van der Waals surface area contributed by atoms with Crippen molar-refractivity contribution >= 4 is 40.4 Å². The Balaban J connectivity index is 1.40. The second-order valence-electron chi connectivity index (χ2n) is 8.03. The van der Waals surface area contributed by atoms with Gasteiger partial charge in [0.05, 0.1) is 15.6 Å². The van der Waals surface area contributed by atoms with Crippen molar-refractivity contribution in [2.45, 2.75) is 44.7 Å². The van der Waals surface area contributed by atoms with E-state index in [9.17, 15) is 14.9 Å². The first kappa shape index (κ1) is 22.5. The van der Waals surface area contributed by atoms with Crippen LogP contribution in [0, 0.1) is 23.0 Å². The maximum absolute atomic E-state index is 12.4. The zero-order chi connectivity index (χ0) is 22.8. The molecule has 1 N–H and O–H groups in total. The first-order valence-electron chi connectivity index (χ1n) is 10.5. The Bertz CT molecular complexity index is 1170. The number of carbonyl (C=O) groups is 1. The summed E-state index contributed by atoms with van der Waals surface area (Å²) in [5, 5.41) is 23.0. The van der Waals surface area contributed by atoms with E-state index in [-0.39, 0.29) is 17.3 Å². The van der Waals surface area contributed by atoms with Crippen LogP contribution in [0.3, 0.4) is 0 Å². The number of nitro benzene ring substituents is 1. The number of carbonyl (C=O) groups excluding carboxylic acids is 1. The monoisotopic (exact) mass is 471 g/mol. The van der Waals surface area contributed by atoms with Gasteiger partial charge in [-0.2, -0.15) is 0 Å². The third-order valence-corrected chi connectivity index (χ3v) is 8.10. The lowest BCUT2D eigenvalue weighted by atomic mass is 9.87. The van der Waals surface area contributed by atoms with Gasteiger partial charge in [0.25, 0.3) is 5.69 Å². The molecule has 1 amide bonds. The van der Waals surface area contributed by atoms with Crippen molar-refractivity contribution in [2.75, 3.05) is 11.1 Å². The van der Waals surface area contributed by atoms with Crippen LogP contribution in [0.5, 0.6) is 0 Å². The summed E-state index contributed by atoms with van der Waals surface area (Å²) in [6, 6.07) is 6.64. The van der Waals surface area contributed by atoms with Gasteiger partial charge in [0, 0.05) is 29.7 Å². The number of benzene rings is 1. The lowest BCUT2D eigenvalue weighted by molar-refractivity contribution is -0.384. The molecule has 0 bridgehead atoms. The van der Waals surface area contributed by atoms with Gasteiger partial charge in [-0.1, -0.05) is 25.1 Å². The van der Waals surface area contributed by atoms with Gasteiger partial charge in [-0.25, -0.2) is 0 Å². The van der Waals surface area contributed by atoms with Crippen LogP contribution in [-0.2, 0) is 24.7 Å². The van der Waals surface area contributed by atoms with Crippen LogP contribution in [0.25, 0.3) is 10.7 Å². The van der Waals surface area contributed by atoms with E-state index in [4.69, 9.17) is 0 Å². The number of aromatic nitrogens is 3. The van der Waals surface area contributed by atoms with Gasteiger partial charge in [-0.05, 0) is 55.4 Å². The van der Waals surface area contributed by atoms with Crippen LogP contribution < -0.4 is 5.32 Å². The third-order valence-electron chi connectivity index (χ3n) is 5.84. The molecule has 0 spiro atoms. The number of rotatable bonds is 7. The van der Waals surface area contributed by atoms with Crippen LogP contribution in [-0.4, -0.2) is 31.3 Å². The number of nitrogens with one attached hydrogen (secondary N) is 1. The van der Waals surface area contributed by atoms with E-state index in [2.05, 4.69) is 28.5 Å². The van der Waals surface area contributed by atoms with Gasteiger partial charge in [-0.15, -0.1) is 21.5 Å². The van der Waals surface area contributed by atoms with Gasteiger partial charge in [0.2, 0.25) is 5.91 Å². The lowest BCUT2D eigenvalue weighted by Crippen LogP contribution is -2.15. The molecule has 3 aromatic rings. The number of fused-ring (bicyclic) bond motifs is 1. The first-order chi connectivity index (χ1) is 15.4. The fraction of sp³-hybridized carbons (Fsp3) is 0.409. The summed E-state index contributed by atoms with van der Waals surface area (Å²) < 4.78 is 1.93. The minimum atomic E-state index is -0.452. The number of aryl methyl sites for hydroxylation is 2. The summed E-state index contributed by atoms with van der Waals surface area (Å²) in [6.07, 6.45) is 4.76. The predicted molar refractivity (Wildman–Crippen MR) is 127 cm³/mol. The molecule has 1 aromatic carbocycles. The van der Waals surface area contributed by atoms with Crippen molar-refractivity contribution in [1.82, 2.24) is 14.8 Å². The molecule has 10 heteroatoms. The highest BCUT2D eigenvalue weighted by atomic mass is 32.2. The number of thiophene rings is 1. The summed E-state index contributed by atoms with van der Waals surface area (Å²) in [5.74, 6) is 1.57. The Hall–Kier alpha value is -2.72. The van der Waals surface area contributed by atoms with Crippen molar-refractivity contribution in [2.24, 2.45) is 13.0 Å². The third kappa shape index (κ3) is 4.71. The predicted octanol–water partition coefficient (Wildman–Crippen LogP) is 5.01. The smallest absolute Gasteiger partial charge is 0.269 e. The van der Waals surface area contributed by atoms with Crippen LogP contribution in [0.15, 0.2) is 29.4 Å². The standard InChI is InChI=1S/C22H25N5O3S2/c1-4-14-5-8-18-15(10-14)11-19(32-18)21-24-25-22(26(21)3)31-12-20(28)23-17-7-6-16(27(29)30)9-13(17)2/h6-7,9,11,14H,4-5,8,10,12H2,1-3H3,(H,23,28). The fourth-order valence-corrected chi connectivity index (χ4v) is 5.87. The molecule has 0 aliphatic heterocycles. The maximum atomic E-state index is 12.4. The molecule has 2 aromatic heterocycles. The number of amides is 1. The van der Waals surface area contributed by atoms with Gasteiger partial charge >= 0.3 is 0 Å². The average molecular weight is 472 g/mol. The number of anilines is 1. The van der Waals surface area contributed by atoms with E-state index in [0.29, 0.717) is 16.4 Å². The number of thioether (sulfide) groups is 1. The van der Waals surface area contributed by atoms with E-state index < -0.39 is 4.92 Å². The molecule has 8 nitrogen and oxygen atoms in total. The van der Waals surface area contributed by atoms with Gasteiger partial charge < -0.3 is 9.88 Å². The van der Waals surface area contributed by atoms with Crippen LogP contribution in [0.2, 0.25) is 0 Å². The van der Waals surface area contributed by atoms with Gasteiger partial charge in [0.15, 0.2) is 11.0 Å². The van der Waals surface area contributed by atoms with E-state index in [1.165, 1.54) is 47.2 Å². The minimum Gasteiger partial charge on any atom is -0.325 e. The number of nitrogens with zero attached hydrogens (tertiary/aromatic N) is 4. The number of hydrogen-bond acceptors (Lipinski definition) is 7. The summed E-state index contributed by atoms with van der Waals surface area (Å²) in [5.41, 5.74) is 2.65. The van der Waals surface area contributed by atoms with Crippen molar-refractivity contribution < 1.29 is 9.72 Å². The molecule has 0 fully saturated rings. The van der Waals surface area contributed by atoms with Crippen molar-refractivity contribution in [1.29, 1.82) is 0 Å². The molecule has 1 aliphatic carbocycles. The topological polar surface area (TPSA) is 103 Å². The Morgan fingerprint density at radius 2 is 2.19 bits per heavy atom. The number of non-ortho nitro benzene ring substituents is 1. The molecule has 32 heavy (non-hydrogen) atoms. The van der Waals surface area contributed by atoms with Crippen LogP contribution in [0.1, 0.15) is 35.8 Å². The zero-order valence-corrected chi connectivity index (χ0v) is 19.9. The second kappa shape index (κ2) is 9.41. The molecule has 2 heterocycles. The summed E-state index contributed by atoms with van der Waals surface area (Å²) in [6.45, 7) is 3.99. The zero-order valence-electron chi connectivity index (χ0n) is 18.3. The highest BCUT2D eigenvalue weighted by Gasteiger charge is 2.22. The Morgan fingerprint density at radius 1 is 1.38 bits per heavy atom. The van der Waals surface area contributed by atoms with Crippen molar-refractivity contribution in [3.8, 4) is 10.7 Å². The molecular weight excluding hydrogens is 446 g/mol. The van der Waals surface area contributed by atoms with Crippen LogP contribution >= 0.6 is 23.1 Å². The summed E-state index contributed by atoms with van der Waals surface area (Å²) in [4.78, 5) is 25.4. The molecule has 1 aliphatic rings. The Morgan fingerprint density at radius 3 is 2.91 bits per heavy atom. The van der Waals surface area contributed by atoms with E-state index in [1.807, 2.05) is 11.6 Å². The van der Waals surface area contributed by atoms with Gasteiger partial charge in [0.1, 0.15) is 0 Å². The molecular formula is C22H25N5O3S2. The van der Waals surface area contributed by atoms with E-state index in [0.717, 1.165) is 29.5 Å². The molecule has 1 atom stereocenters. The quantitative estimate of drug-likeness (QED) is 0.295. The normalized spacial score (nSPS) is 15.4. The lowest BCUT2D eigenvalue weighted by Gasteiger charge is -2.19.